The van der Waals surface area contributed by atoms with E-state index in [9.17, 15) is 19.8 Å². The third-order valence-corrected chi connectivity index (χ3v) is 4.64. The van der Waals surface area contributed by atoms with Crippen molar-refractivity contribution in [2.75, 3.05) is 20.8 Å². The van der Waals surface area contributed by atoms with Crippen molar-refractivity contribution in [3.63, 3.8) is 0 Å². The number of ketones is 2. The Morgan fingerprint density at radius 1 is 0.926 bits per heavy atom. The van der Waals surface area contributed by atoms with Crippen LogP contribution in [0.4, 0.5) is 0 Å². The van der Waals surface area contributed by atoms with Gasteiger partial charge in [-0.2, -0.15) is 0 Å². The SMILES string of the molecule is COc1cc(C(=O)C2(C(=O)c3ccc(O)c(OC)c3)CCCO2)ccc1O. The minimum Gasteiger partial charge on any atom is -0.504 e. The predicted octanol–water partition coefficient (Wildman–Crippen LogP) is 2.73. The minimum absolute atomic E-state index is 0.106. The van der Waals surface area contributed by atoms with Crippen molar-refractivity contribution in [3.05, 3.63) is 47.5 Å². The lowest BCUT2D eigenvalue weighted by Gasteiger charge is -2.26. The standard InChI is InChI=1S/C20H20O7/c1-25-16-10-12(4-6-14(16)21)18(23)20(8-3-9-27-20)19(24)13-5-7-15(22)17(11-13)26-2/h4-7,10-11,21-22H,3,8-9H2,1-2H3. The fourth-order valence-electron chi connectivity index (χ4n) is 3.20. The maximum absolute atomic E-state index is 13.2. The van der Waals surface area contributed by atoms with Crippen molar-refractivity contribution < 1.29 is 34.0 Å². The summed E-state index contributed by atoms with van der Waals surface area (Å²) in [5.74, 6) is -0.957. The predicted molar refractivity (Wildman–Crippen MR) is 95.9 cm³/mol. The molecule has 2 N–H and O–H groups in total. The van der Waals surface area contributed by atoms with Gasteiger partial charge < -0.3 is 24.4 Å². The molecule has 1 fully saturated rings. The molecule has 0 spiro atoms. The van der Waals surface area contributed by atoms with Gasteiger partial charge in [0, 0.05) is 17.7 Å². The summed E-state index contributed by atoms with van der Waals surface area (Å²) >= 11 is 0. The molecule has 1 aliphatic heterocycles. The third-order valence-electron chi connectivity index (χ3n) is 4.64. The van der Waals surface area contributed by atoms with Crippen molar-refractivity contribution in [2.45, 2.75) is 18.4 Å². The number of carbonyl (C=O) groups excluding carboxylic acids is 2. The van der Waals surface area contributed by atoms with E-state index < -0.39 is 17.2 Å². The van der Waals surface area contributed by atoms with E-state index in [0.717, 1.165) is 0 Å². The maximum Gasteiger partial charge on any atom is 0.202 e. The van der Waals surface area contributed by atoms with Crippen LogP contribution < -0.4 is 9.47 Å². The van der Waals surface area contributed by atoms with Crippen molar-refractivity contribution in [3.8, 4) is 23.0 Å². The van der Waals surface area contributed by atoms with Crippen LogP contribution >= 0.6 is 0 Å². The number of Topliss-reactive ketones (excluding diaryl/α,β-unsaturated/α-hetero) is 2. The molecule has 1 heterocycles. The highest BCUT2D eigenvalue weighted by molar-refractivity contribution is 6.23. The molecule has 0 radical (unpaired) electrons. The Hall–Kier alpha value is -3.06. The lowest BCUT2D eigenvalue weighted by Crippen LogP contribution is -2.46. The van der Waals surface area contributed by atoms with Crippen LogP contribution in [0.1, 0.15) is 33.6 Å². The Morgan fingerprint density at radius 3 is 1.78 bits per heavy atom. The minimum atomic E-state index is -1.66. The number of ether oxygens (including phenoxy) is 3. The van der Waals surface area contributed by atoms with Gasteiger partial charge in [0.15, 0.2) is 28.6 Å². The Kier molecular flexibility index (Phi) is 5.05. The largest absolute Gasteiger partial charge is 0.504 e. The Bertz CT molecular complexity index is 814. The molecule has 7 nitrogen and oxygen atoms in total. The molecule has 142 valence electrons. The molecule has 2 aromatic carbocycles. The maximum atomic E-state index is 13.2. The number of phenolic OH excluding ortho intramolecular Hbond substituents is 2. The van der Waals surface area contributed by atoms with Crippen LogP contribution in [-0.2, 0) is 4.74 Å². The molecule has 0 amide bonds. The lowest BCUT2D eigenvalue weighted by molar-refractivity contribution is 0.0150. The number of benzene rings is 2. The van der Waals surface area contributed by atoms with E-state index in [1.54, 1.807) is 0 Å². The highest BCUT2D eigenvalue weighted by atomic mass is 16.5. The summed E-state index contributed by atoms with van der Waals surface area (Å²) in [5, 5.41) is 19.5. The summed E-state index contributed by atoms with van der Waals surface area (Å²) < 4.78 is 15.8. The highest BCUT2D eigenvalue weighted by Crippen LogP contribution is 2.37. The zero-order valence-corrected chi connectivity index (χ0v) is 15.0. The molecule has 0 bridgehead atoms. The van der Waals surface area contributed by atoms with Crippen LogP contribution in [-0.4, -0.2) is 48.2 Å². The van der Waals surface area contributed by atoms with Crippen LogP contribution in [0.15, 0.2) is 36.4 Å². The van der Waals surface area contributed by atoms with Gasteiger partial charge in [-0.15, -0.1) is 0 Å². The molecular formula is C20H20O7. The zero-order chi connectivity index (χ0) is 19.6. The Labute approximate surface area is 156 Å². The molecule has 2 aromatic rings. The number of rotatable bonds is 6. The monoisotopic (exact) mass is 372 g/mol. The van der Waals surface area contributed by atoms with Gasteiger partial charge in [-0.25, -0.2) is 0 Å². The number of phenols is 2. The molecule has 3 rings (SSSR count). The fourth-order valence-corrected chi connectivity index (χ4v) is 3.20. The van der Waals surface area contributed by atoms with Gasteiger partial charge in [0.1, 0.15) is 0 Å². The average molecular weight is 372 g/mol. The van der Waals surface area contributed by atoms with Crippen molar-refractivity contribution >= 4 is 11.6 Å². The van der Waals surface area contributed by atoms with E-state index in [1.165, 1.54) is 50.6 Å². The number of methoxy groups -OCH3 is 2. The molecule has 1 saturated heterocycles. The summed E-state index contributed by atoms with van der Waals surface area (Å²) in [4.78, 5) is 26.4. The van der Waals surface area contributed by atoms with E-state index in [4.69, 9.17) is 14.2 Å². The van der Waals surface area contributed by atoms with Gasteiger partial charge >= 0.3 is 0 Å². The first-order valence-electron chi connectivity index (χ1n) is 8.40. The number of carbonyl (C=O) groups is 2. The molecule has 0 unspecified atom stereocenters. The van der Waals surface area contributed by atoms with Crippen molar-refractivity contribution in [1.82, 2.24) is 0 Å². The summed E-state index contributed by atoms with van der Waals surface area (Å²) in [5.41, 5.74) is -1.26. The summed E-state index contributed by atoms with van der Waals surface area (Å²) in [6, 6.07) is 8.28. The van der Waals surface area contributed by atoms with Gasteiger partial charge in [0.05, 0.1) is 14.2 Å². The second-order valence-corrected chi connectivity index (χ2v) is 6.21. The van der Waals surface area contributed by atoms with Crippen LogP contribution in [0.3, 0.4) is 0 Å². The summed E-state index contributed by atoms with van der Waals surface area (Å²) in [6.07, 6.45) is 0.791. The van der Waals surface area contributed by atoms with E-state index in [1.807, 2.05) is 0 Å². The van der Waals surface area contributed by atoms with Gasteiger partial charge in [0.25, 0.3) is 0 Å². The second-order valence-electron chi connectivity index (χ2n) is 6.21. The quantitative estimate of drug-likeness (QED) is 0.594. The Morgan fingerprint density at radius 2 is 1.41 bits per heavy atom. The first-order chi connectivity index (χ1) is 12.9. The average Bonchev–Trinajstić information content (AvgIpc) is 3.18. The van der Waals surface area contributed by atoms with Gasteiger partial charge in [-0.1, -0.05) is 0 Å². The highest BCUT2D eigenvalue weighted by Gasteiger charge is 2.50. The number of hydrogen-bond acceptors (Lipinski definition) is 7. The summed E-state index contributed by atoms with van der Waals surface area (Å²) in [6.45, 7) is 0.280. The zero-order valence-electron chi connectivity index (χ0n) is 15.0. The van der Waals surface area contributed by atoms with Gasteiger partial charge in [-0.3, -0.25) is 9.59 Å². The first-order valence-corrected chi connectivity index (χ1v) is 8.40. The van der Waals surface area contributed by atoms with Gasteiger partial charge in [0.2, 0.25) is 11.6 Å². The molecular weight excluding hydrogens is 352 g/mol. The number of aromatic hydroxyl groups is 2. The smallest absolute Gasteiger partial charge is 0.202 e. The van der Waals surface area contributed by atoms with Crippen LogP contribution in [0.25, 0.3) is 0 Å². The lowest BCUT2D eigenvalue weighted by atomic mass is 9.83. The fraction of sp³-hybridized carbons (Fsp3) is 0.300. The topological polar surface area (TPSA) is 102 Å². The van der Waals surface area contributed by atoms with Crippen LogP contribution in [0.2, 0.25) is 0 Å². The molecule has 27 heavy (non-hydrogen) atoms. The van der Waals surface area contributed by atoms with E-state index in [0.29, 0.717) is 6.42 Å². The Balaban J connectivity index is 2.03. The van der Waals surface area contributed by atoms with Gasteiger partial charge in [-0.05, 0) is 49.2 Å². The third kappa shape index (κ3) is 3.21. The summed E-state index contributed by atoms with van der Waals surface area (Å²) in [7, 11) is 2.75. The molecule has 7 heteroatoms. The molecule has 0 saturated carbocycles. The molecule has 0 aliphatic carbocycles. The van der Waals surface area contributed by atoms with Crippen LogP contribution in [0.5, 0.6) is 23.0 Å². The van der Waals surface area contributed by atoms with E-state index >= 15 is 0 Å². The second kappa shape index (κ2) is 7.28. The number of hydrogen-bond donors (Lipinski definition) is 2. The molecule has 0 aromatic heterocycles. The van der Waals surface area contributed by atoms with Crippen molar-refractivity contribution in [2.24, 2.45) is 0 Å². The molecule has 1 aliphatic rings. The molecule has 0 atom stereocenters. The normalized spacial score (nSPS) is 15.3. The van der Waals surface area contributed by atoms with Crippen LogP contribution in [0, 0.1) is 0 Å². The van der Waals surface area contributed by atoms with E-state index in [-0.39, 0.29) is 47.2 Å². The first kappa shape index (κ1) is 18.7. The van der Waals surface area contributed by atoms with E-state index in [2.05, 4.69) is 0 Å². The van der Waals surface area contributed by atoms with Crippen molar-refractivity contribution in [1.29, 1.82) is 0 Å².